The van der Waals surface area contributed by atoms with Crippen LogP contribution in [0.4, 0.5) is 0 Å². The molecule has 1 aromatic heterocycles. The molecule has 0 fully saturated rings. The summed E-state index contributed by atoms with van der Waals surface area (Å²) in [5, 5.41) is 7.19. The molecule has 0 amide bonds. The molecule has 0 atom stereocenters. The van der Waals surface area contributed by atoms with Crippen molar-refractivity contribution in [3.63, 3.8) is 0 Å². The number of nitrogens with zero attached hydrogens (tertiary/aromatic N) is 3. The van der Waals surface area contributed by atoms with Crippen molar-refractivity contribution in [1.29, 1.82) is 0 Å². The fourth-order valence-corrected chi connectivity index (χ4v) is 3.01. The second-order valence-corrected chi connectivity index (χ2v) is 6.96. The second-order valence-electron chi connectivity index (χ2n) is 6.57. The van der Waals surface area contributed by atoms with Crippen LogP contribution in [0.25, 0.3) is 0 Å². The molecule has 6 nitrogen and oxygen atoms in total. The van der Waals surface area contributed by atoms with Gasteiger partial charge in [-0.3, -0.25) is 4.99 Å². The van der Waals surface area contributed by atoms with Crippen LogP contribution in [0.1, 0.15) is 25.0 Å². The van der Waals surface area contributed by atoms with Crippen LogP contribution in [0.5, 0.6) is 5.75 Å². The maximum Gasteiger partial charge on any atom is 0.191 e. The number of nitrogens with one attached hydrogen (secondary N) is 2. The number of likely N-dealkylation sites (N-methyl/N-ethyl adjacent to an activating group) is 1. The zero-order valence-electron chi connectivity index (χ0n) is 17.6. The maximum atomic E-state index is 6.03. The summed E-state index contributed by atoms with van der Waals surface area (Å²) in [6, 6.07) is 11.9. The van der Waals surface area contributed by atoms with Crippen molar-refractivity contribution in [1.82, 2.24) is 20.5 Å². The van der Waals surface area contributed by atoms with Crippen molar-refractivity contribution < 1.29 is 4.74 Å². The van der Waals surface area contributed by atoms with Crippen LogP contribution in [0, 0.1) is 0 Å². The van der Waals surface area contributed by atoms with Crippen LogP contribution in [0.15, 0.2) is 47.6 Å². The SMILES string of the molecule is CCN(CC)CCOc1ccccc1CNC(=NC)NCCc1ccc(Cl)nc1. The highest BCUT2D eigenvalue weighted by atomic mass is 35.5. The van der Waals surface area contributed by atoms with Crippen molar-refractivity contribution in [3.8, 4) is 5.75 Å². The van der Waals surface area contributed by atoms with E-state index in [0.29, 0.717) is 18.3 Å². The minimum Gasteiger partial charge on any atom is -0.492 e. The van der Waals surface area contributed by atoms with E-state index in [1.165, 1.54) is 0 Å². The van der Waals surface area contributed by atoms with Crippen LogP contribution in [0.2, 0.25) is 5.15 Å². The zero-order valence-corrected chi connectivity index (χ0v) is 18.4. The van der Waals surface area contributed by atoms with Crippen LogP contribution >= 0.6 is 11.6 Å². The molecule has 0 aliphatic heterocycles. The first-order valence-corrected chi connectivity index (χ1v) is 10.5. The Hall–Kier alpha value is -2.31. The monoisotopic (exact) mass is 417 g/mol. The van der Waals surface area contributed by atoms with Gasteiger partial charge in [0.1, 0.15) is 17.5 Å². The number of hydrogen-bond acceptors (Lipinski definition) is 4. The van der Waals surface area contributed by atoms with E-state index >= 15 is 0 Å². The summed E-state index contributed by atoms with van der Waals surface area (Å²) in [7, 11) is 1.77. The first-order valence-electron chi connectivity index (χ1n) is 10.1. The molecule has 0 saturated heterocycles. The molecule has 0 aliphatic carbocycles. The number of benzene rings is 1. The number of rotatable bonds is 11. The van der Waals surface area contributed by atoms with Gasteiger partial charge < -0.3 is 20.3 Å². The van der Waals surface area contributed by atoms with Crippen molar-refractivity contribution >= 4 is 17.6 Å². The molecule has 1 heterocycles. The highest BCUT2D eigenvalue weighted by Crippen LogP contribution is 2.17. The molecule has 158 valence electrons. The Kier molecular flexibility index (Phi) is 10.3. The lowest BCUT2D eigenvalue weighted by molar-refractivity contribution is 0.221. The van der Waals surface area contributed by atoms with Crippen LogP contribution < -0.4 is 15.4 Å². The van der Waals surface area contributed by atoms with Gasteiger partial charge in [-0.15, -0.1) is 0 Å². The largest absolute Gasteiger partial charge is 0.492 e. The molecule has 2 N–H and O–H groups in total. The van der Waals surface area contributed by atoms with E-state index in [0.717, 1.165) is 55.4 Å². The third kappa shape index (κ3) is 8.30. The number of guanidine groups is 1. The minimum atomic E-state index is 0.511. The third-order valence-electron chi connectivity index (χ3n) is 4.70. The predicted octanol–water partition coefficient (Wildman–Crippen LogP) is 3.36. The van der Waals surface area contributed by atoms with Gasteiger partial charge in [0, 0.05) is 38.4 Å². The van der Waals surface area contributed by atoms with Crippen molar-refractivity contribution in [2.24, 2.45) is 4.99 Å². The number of halogens is 1. The minimum absolute atomic E-state index is 0.511. The van der Waals surface area contributed by atoms with Crippen molar-refractivity contribution in [2.45, 2.75) is 26.8 Å². The van der Waals surface area contributed by atoms with E-state index in [1.807, 2.05) is 24.3 Å². The maximum absolute atomic E-state index is 6.03. The number of ether oxygens (including phenoxy) is 1. The quantitative estimate of drug-likeness (QED) is 0.333. The van der Waals surface area contributed by atoms with Gasteiger partial charge in [0.15, 0.2) is 5.96 Å². The molecule has 0 radical (unpaired) electrons. The summed E-state index contributed by atoms with van der Waals surface area (Å²) in [6.07, 6.45) is 2.64. The first kappa shape index (κ1) is 23.0. The molecule has 29 heavy (non-hydrogen) atoms. The van der Waals surface area contributed by atoms with Gasteiger partial charge in [-0.05, 0) is 37.2 Å². The highest BCUT2D eigenvalue weighted by molar-refractivity contribution is 6.29. The normalized spacial score (nSPS) is 11.6. The molecule has 0 unspecified atom stereocenters. The lowest BCUT2D eigenvalue weighted by Crippen LogP contribution is -2.38. The highest BCUT2D eigenvalue weighted by Gasteiger charge is 2.06. The number of para-hydroxylation sites is 1. The lowest BCUT2D eigenvalue weighted by atomic mass is 10.2. The van der Waals surface area contributed by atoms with E-state index in [2.05, 4.69) is 45.4 Å². The van der Waals surface area contributed by atoms with E-state index < -0.39 is 0 Å². The lowest BCUT2D eigenvalue weighted by Gasteiger charge is -2.19. The average molecular weight is 418 g/mol. The molecule has 0 spiro atoms. The molecule has 0 bridgehead atoms. The molecule has 2 rings (SSSR count). The van der Waals surface area contributed by atoms with Gasteiger partial charge in [0.2, 0.25) is 0 Å². The molecule has 2 aromatic rings. The Balaban J connectivity index is 1.80. The molecule has 0 aliphatic rings. The molecular weight excluding hydrogens is 386 g/mol. The Bertz CT molecular complexity index is 747. The molecular formula is C22H32ClN5O. The van der Waals surface area contributed by atoms with Gasteiger partial charge in [-0.2, -0.15) is 0 Å². The molecule has 0 saturated carbocycles. The fourth-order valence-electron chi connectivity index (χ4n) is 2.89. The number of aliphatic imine (C=N–C) groups is 1. The summed E-state index contributed by atoms with van der Waals surface area (Å²) in [6.45, 7) is 9.42. The summed E-state index contributed by atoms with van der Waals surface area (Å²) in [5.74, 6) is 1.67. The fraction of sp³-hybridized carbons (Fsp3) is 0.455. The van der Waals surface area contributed by atoms with Crippen molar-refractivity contribution in [3.05, 3.63) is 58.9 Å². The third-order valence-corrected chi connectivity index (χ3v) is 4.92. The van der Waals surface area contributed by atoms with Crippen LogP contribution in [-0.2, 0) is 13.0 Å². The standard InChI is InChI=1S/C22H32ClN5O/c1-4-28(5-2)14-15-29-20-9-7-6-8-19(20)17-27-22(24-3)25-13-12-18-10-11-21(23)26-16-18/h6-11,16H,4-5,12-15,17H2,1-3H3,(H2,24,25,27). The Morgan fingerprint density at radius 3 is 2.62 bits per heavy atom. The summed E-state index contributed by atoms with van der Waals surface area (Å²) < 4.78 is 6.03. The smallest absolute Gasteiger partial charge is 0.191 e. The van der Waals surface area contributed by atoms with Gasteiger partial charge >= 0.3 is 0 Å². The van der Waals surface area contributed by atoms with E-state index in [9.17, 15) is 0 Å². The van der Waals surface area contributed by atoms with Gasteiger partial charge in [0.05, 0.1) is 0 Å². The summed E-state index contributed by atoms with van der Waals surface area (Å²) in [4.78, 5) is 10.7. The van der Waals surface area contributed by atoms with E-state index in [-0.39, 0.29) is 0 Å². The number of hydrogen-bond donors (Lipinski definition) is 2. The van der Waals surface area contributed by atoms with E-state index in [4.69, 9.17) is 16.3 Å². The van der Waals surface area contributed by atoms with E-state index in [1.54, 1.807) is 19.3 Å². The summed E-state index contributed by atoms with van der Waals surface area (Å²) >= 11 is 5.82. The Labute approximate surface area is 179 Å². The number of aromatic nitrogens is 1. The van der Waals surface area contributed by atoms with Gasteiger partial charge in [-0.1, -0.05) is 49.7 Å². The topological polar surface area (TPSA) is 61.8 Å². The second kappa shape index (κ2) is 13.0. The van der Waals surface area contributed by atoms with Gasteiger partial charge in [0.25, 0.3) is 0 Å². The zero-order chi connectivity index (χ0) is 20.9. The number of pyridine rings is 1. The van der Waals surface area contributed by atoms with Crippen LogP contribution in [-0.4, -0.2) is 55.7 Å². The Morgan fingerprint density at radius 2 is 1.93 bits per heavy atom. The van der Waals surface area contributed by atoms with Gasteiger partial charge in [-0.25, -0.2) is 4.98 Å². The molecule has 1 aromatic carbocycles. The Morgan fingerprint density at radius 1 is 1.14 bits per heavy atom. The average Bonchev–Trinajstić information content (AvgIpc) is 2.75. The van der Waals surface area contributed by atoms with Crippen LogP contribution in [0.3, 0.4) is 0 Å². The molecule has 7 heteroatoms. The summed E-state index contributed by atoms with van der Waals surface area (Å²) in [5.41, 5.74) is 2.24. The van der Waals surface area contributed by atoms with Crippen molar-refractivity contribution in [2.75, 3.05) is 39.8 Å². The predicted molar refractivity (Wildman–Crippen MR) is 121 cm³/mol. The first-order chi connectivity index (χ1) is 14.2.